The van der Waals surface area contributed by atoms with Crippen molar-refractivity contribution < 1.29 is 0 Å². The molecule has 1 aromatic rings. The van der Waals surface area contributed by atoms with Crippen LogP contribution in [0.15, 0.2) is 30.3 Å². The molecule has 0 aliphatic heterocycles. The highest BCUT2D eigenvalue weighted by atomic mass is 14.6. The van der Waals surface area contributed by atoms with Crippen molar-refractivity contribution in [3.05, 3.63) is 35.9 Å². The topological polar surface area (TPSA) is 26.0 Å². The summed E-state index contributed by atoms with van der Waals surface area (Å²) in [6.45, 7) is 5.98. The molecule has 1 atom stereocenters. The van der Waals surface area contributed by atoms with Crippen LogP contribution in [0.25, 0.3) is 0 Å². The van der Waals surface area contributed by atoms with Gasteiger partial charge >= 0.3 is 0 Å². The number of rotatable bonds is 1. The molecule has 0 aromatic heterocycles. The van der Waals surface area contributed by atoms with E-state index in [1.165, 1.54) is 5.56 Å². The first kappa shape index (κ1) is 10.2. The molecule has 2 N–H and O–H groups in total. The van der Waals surface area contributed by atoms with Crippen LogP contribution in [0.1, 0.15) is 32.4 Å². The molecule has 0 aliphatic rings. The van der Waals surface area contributed by atoms with E-state index >= 15 is 0 Å². The lowest BCUT2D eigenvalue weighted by atomic mass is 10.1. The van der Waals surface area contributed by atoms with E-state index in [9.17, 15) is 0 Å². The zero-order valence-electron chi connectivity index (χ0n) is 7.54. The molecule has 1 rings (SSSR count). The summed E-state index contributed by atoms with van der Waals surface area (Å²) in [5.74, 6) is 0. The van der Waals surface area contributed by atoms with Gasteiger partial charge in [0.15, 0.2) is 0 Å². The summed E-state index contributed by atoms with van der Waals surface area (Å²) in [7, 11) is 0. The van der Waals surface area contributed by atoms with Gasteiger partial charge in [-0.15, -0.1) is 0 Å². The van der Waals surface area contributed by atoms with E-state index in [0.29, 0.717) is 0 Å². The molecule has 0 radical (unpaired) electrons. The third-order valence-corrected chi connectivity index (χ3v) is 1.33. The number of hydrogen-bond donors (Lipinski definition) is 1. The molecular formula is C10H17N. The smallest absolute Gasteiger partial charge is 0.0266 e. The summed E-state index contributed by atoms with van der Waals surface area (Å²) in [4.78, 5) is 0. The maximum Gasteiger partial charge on any atom is 0.0266 e. The molecule has 0 bridgehead atoms. The lowest BCUT2D eigenvalue weighted by Gasteiger charge is -2.02. The van der Waals surface area contributed by atoms with Gasteiger partial charge in [-0.3, -0.25) is 0 Å². The summed E-state index contributed by atoms with van der Waals surface area (Å²) >= 11 is 0. The van der Waals surface area contributed by atoms with Crippen LogP contribution in [0.2, 0.25) is 0 Å². The minimum absolute atomic E-state index is 0.159. The molecule has 0 heterocycles. The Balaban J connectivity index is 0.000000461. The fourth-order valence-electron chi connectivity index (χ4n) is 0.757. The molecule has 0 saturated heterocycles. The molecule has 1 aromatic carbocycles. The average molecular weight is 151 g/mol. The van der Waals surface area contributed by atoms with Crippen molar-refractivity contribution in [1.82, 2.24) is 0 Å². The second-order valence-electron chi connectivity index (χ2n) is 2.20. The largest absolute Gasteiger partial charge is 0.324 e. The van der Waals surface area contributed by atoms with Gasteiger partial charge in [0.1, 0.15) is 0 Å². The fourth-order valence-corrected chi connectivity index (χ4v) is 0.757. The van der Waals surface area contributed by atoms with Gasteiger partial charge in [0.25, 0.3) is 0 Å². The standard InChI is InChI=1S/C8H11N.C2H6/c1-7(9)8-5-3-2-4-6-8;1-2/h2-7H,9H2,1H3;1-2H3. The lowest BCUT2D eigenvalue weighted by molar-refractivity contribution is 0.818. The van der Waals surface area contributed by atoms with Crippen LogP contribution in [0.3, 0.4) is 0 Å². The van der Waals surface area contributed by atoms with Gasteiger partial charge in [0.2, 0.25) is 0 Å². The van der Waals surface area contributed by atoms with Gasteiger partial charge in [-0.2, -0.15) is 0 Å². The highest BCUT2D eigenvalue weighted by Gasteiger charge is 1.93. The van der Waals surface area contributed by atoms with Gasteiger partial charge in [-0.1, -0.05) is 44.2 Å². The Hall–Kier alpha value is -0.820. The Bertz CT molecular complexity index is 167. The van der Waals surface area contributed by atoms with E-state index in [1.54, 1.807) is 0 Å². The zero-order chi connectivity index (χ0) is 8.69. The van der Waals surface area contributed by atoms with Crippen LogP contribution in [0.5, 0.6) is 0 Å². The average Bonchev–Trinajstić information content (AvgIpc) is 2.10. The lowest BCUT2D eigenvalue weighted by Crippen LogP contribution is -2.03. The van der Waals surface area contributed by atoms with Gasteiger partial charge in [-0.05, 0) is 12.5 Å². The van der Waals surface area contributed by atoms with E-state index in [4.69, 9.17) is 5.73 Å². The molecule has 62 valence electrons. The van der Waals surface area contributed by atoms with Crippen molar-refractivity contribution in [2.24, 2.45) is 5.73 Å². The summed E-state index contributed by atoms with van der Waals surface area (Å²) in [6, 6.07) is 10.2. The Labute approximate surface area is 69.2 Å². The van der Waals surface area contributed by atoms with Crippen LogP contribution in [0, 0.1) is 0 Å². The highest BCUT2D eigenvalue weighted by Crippen LogP contribution is 2.06. The van der Waals surface area contributed by atoms with Crippen molar-refractivity contribution in [1.29, 1.82) is 0 Å². The first-order valence-electron chi connectivity index (χ1n) is 4.11. The Kier molecular flexibility index (Phi) is 5.49. The molecule has 1 unspecified atom stereocenters. The molecule has 1 nitrogen and oxygen atoms in total. The molecular weight excluding hydrogens is 134 g/mol. The van der Waals surface area contributed by atoms with E-state index in [-0.39, 0.29) is 6.04 Å². The van der Waals surface area contributed by atoms with Crippen LogP contribution < -0.4 is 5.73 Å². The Morgan fingerprint density at radius 2 is 1.55 bits per heavy atom. The summed E-state index contributed by atoms with van der Waals surface area (Å²) in [6.07, 6.45) is 0. The van der Waals surface area contributed by atoms with Crippen molar-refractivity contribution >= 4 is 0 Å². The molecule has 0 fully saturated rings. The highest BCUT2D eigenvalue weighted by molar-refractivity contribution is 5.17. The summed E-state index contributed by atoms with van der Waals surface area (Å²) < 4.78 is 0. The first-order chi connectivity index (χ1) is 5.30. The predicted molar refractivity (Wildman–Crippen MR) is 50.4 cm³/mol. The second-order valence-corrected chi connectivity index (χ2v) is 2.20. The van der Waals surface area contributed by atoms with Crippen LogP contribution in [-0.2, 0) is 0 Å². The van der Waals surface area contributed by atoms with Crippen molar-refractivity contribution in [2.45, 2.75) is 26.8 Å². The maximum absolute atomic E-state index is 5.61. The number of hydrogen-bond acceptors (Lipinski definition) is 1. The van der Waals surface area contributed by atoms with E-state index in [1.807, 2.05) is 51.1 Å². The zero-order valence-corrected chi connectivity index (χ0v) is 7.54. The normalized spacial score (nSPS) is 11.3. The van der Waals surface area contributed by atoms with E-state index in [0.717, 1.165) is 0 Å². The fraction of sp³-hybridized carbons (Fsp3) is 0.400. The van der Waals surface area contributed by atoms with Gasteiger partial charge in [-0.25, -0.2) is 0 Å². The van der Waals surface area contributed by atoms with E-state index < -0.39 is 0 Å². The first-order valence-corrected chi connectivity index (χ1v) is 4.11. The summed E-state index contributed by atoms with van der Waals surface area (Å²) in [5, 5.41) is 0. The van der Waals surface area contributed by atoms with Crippen molar-refractivity contribution in [2.75, 3.05) is 0 Å². The van der Waals surface area contributed by atoms with Gasteiger partial charge in [0.05, 0.1) is 0 Å². The molecule has 0 spiro atoms. The molecule has 1 heteroatoms. The molecule has 0 saturated carbocycles. The minimum atomic E-state index is 0.159. The SMILES string of the molecule is CC.CC(N)c1ccccc1. The van der Waals surface area contributed by atoms with Crippen molar-refractivity contribution in [3.8, 4) is 0 Å². The van der Waals surface area contributed by atoms with Crippen LogP contribution in [-0.4, -0.2) is 0 Å². The quantitative estimate of drug-likeness (QED) is 0.656. The molecule has 0 amide bonds. The Morgan fingerprint density at radius 1 is 1.09 bits per heavy atom. The third kappa shape index (κ3) is 3.79. The van der Waals surface area contributed by atoms with Crippen LogP contribution in [0.4, 0.5) is 0 Å². The van der Waals surface area contributed by atoms with Gasteiger partial charge < -0.3 is 5.73 Å². The maximum atomic E-state index is 5.61. The van der Waals surface area contributed by atoms with Crippen LogP contribution >= 0.6 is 0 Å². The molecule has 11 heavy (non-hydrogen) atoms. The summed E-state index contributed by atoms with van der Waals surface area (Å²) in [5.41, 5.74) is 6.81. The second kappa shape index (κ2) is 5.93. The Morgan fingerprint density at radius 3 is 1.82 bits per heavy atom. The van der Waals surface area contributed by atoms with Gasteiger partial charge in [0, 0.05) is 6.04 Å². The predicted octanol–water partition coefficient (Wildman–Crippen LogP) is 2.73. The third-order valence-electron chi connectivity index (χ3n) is 1.33. The van der Waals surface area contributed by atoms with E-state index in [2.05, 4.69) is 0 Å². The number of benzene rings is 1. The molecule has 0 aliphatic carbocycles. The number of nitrogens with two attached hydrogens (primary N) is 1. The minimum Gasteiger partial charge on any atom is -0.324 e. The van der Waals surface area contributed by atoms with Crippen molar-refractivity contribution in [3.63, 3.8) is 0 Å². The monoisotopic (exact) mass is 151 g/mol.